The van der Waals surface area contributed by atoms with Crippen LogP contribution >= 0.6 is 15.9 Å². The number of carbonyl (C=O) groups excluding carboxylic acids is 1. The van der Waals surface area contributed by atoms with Crippen LogP contribution in [0.4, 0.5) is 0 Å². The van der Waals surface area contributed by atoms with Crippen LogP contribution in [0.5, 0.6) is 0 Å². The highest BCUT2D eigenvalue weighted by molar-refractivity contribution is 9.10. The average molecular weight is 261 g/mol. The Bertz CT molecular complexity index is 361. The molecule has 0 aliphatic carbocycles. The second-order valence-corrected chi connectivity index (χ2v) is 3.62. The highest BCUT2D eigenvalue weighted by Crippen LogP contribution is 2.09. The van der Waals surface area contributed by atoms with E-state index in [4.69, 9.17) is 5.11 Å². The van der Waals surface area contributed by atoms with Gasteiger partial charge < -0.3 is 15.4 Å². The number of carboxylic acids is 1. The molecule has 1 heterocycles. The third-order valence-electron chi connectivity index (χ3n) is 1.63. The molecule has 0 spiro atoms. The maximum absolute atomic E-state index is 11.4. The van der Waals surface area contributed by atoms with Gasteiger partial charge >= 0.3 is 5.97 Å². The first-order chi connectivity index (χ1) is 6.50. The summed E-state index contributed by atoms with van der Waals surface area (Å²) in [6.07, 6.45) is 1.49. The van der Waals surface area contributed by atoms with Gasteiger partial charge in [-0.25, -0.2) is 0 Å². The van der Waals surface area contributed by atoms with E-state index in [1.54, 1.807) is 6.07 Å². The molecule has 0 saturated heterocycles. The molecule has 0 aromatic carbocycles. The molecule has 1 aromatic heterocycles. The van der Waals surface area contributed by atoms with E-state index in [2.05, 4.69) is 26.2 Å². The Labute approximate surface area is 88.6 Å². The van der Waals surface area contributed by atoms with E-state index in [0.29, 0.717) is 10.2 Å². The zero-order chi connectivity index (χ0) is 10.7. The highest BCUT2D eigenvalue weighted by Gasteiger charge is 2.15. The van der Waals surface area contributed by atoms with Gasteiger partial charge in [-0.1, -0.05) is 0 Å². The lowest BCUT2D eigenvalue weighted by atomic mass is 10.3. The number of hydrogen-bond acceptors (Lipinski definition) is 2. The lowest BCUT2D eigenvalue weighted by Crippen LogP contribution is -2.38. The van der Waals surface area contributed by atoms with Crippen molar-refractivity contribution >= 4 is 27.8 Å². The van der Waals surface area contributed by atoms with Gasteiger partial charge in [0.1, 0.15) is 6.04 Å². The molecule has 0 aliphatic heterocycles. The van der Waals surface area contributed by atoms with Crippen LogP contribution in [0.3, 0.4) is 0 Å². The summed E-state index contributed by atoms with van der Waals surface area (Å²) < 4.78 is 0.672. The smallest absolute Gasteiger partial charge is 0.325 e. The minimum absolute atomic E-state index is 0.393. The third kappa shape index (κ3) is 2.59. The van der Waals surface area contributed by atoms with Crippen molar-refractivity contribution in [1.29, 1.82) is 0 Å². The van der Waals surface area contributed by atoms with Crippen molar-refractivity contribution in [2.24, 2.45) is 0 Å². The molecule has 1 atom stereocenters. The van der Waals surface area contributed by atoms with E-state index >= 15 is 0 Å². The fourth-order valence-electron chi connectivity index (χ4n) is 0.839. The van der Waals surface area contributed by atoms with Crippen LogP contribution in [-0.4, -0.2) is 28.0 Å². The Hall–Kier alpha value is -1.30. The van der Waals surface area contributed by atoms with Crippen LogP contribution in [0, 0.1) is 0 Å². The molecule has 1 amide bonds. The monoisotopic (exact) mass is 260 g/mol. The Morgan fingerprint density at radius 1 is 1.64 bits per heavy atom. The zero-order valence-electron chi connectivity index (χ0n) is 7.37. The molecule has 5 nitrogen and oxygen atoms in total. The first-order valence-electron chi connectivity index (χ1n) is 3.88. The standard InChI is InChI=1S/C8H9BrN2O3/c1-4(8(13)14)11-7(12)5-2-6(9)10-3-5/h2-4,10H,1H3,(H,11,12)(H,13,14)/t4-/m0/s1. The lowest BCUT2D eigenvalue weighted by Gasteiger charge is -2.07. The number of halogens is 1. The van der Waals surface area contributed by atoms with Gasteiger partial charge in [0, 0.05) is 6.20 Å². The summed E-state index contributed by atoms with van der Waals surface area (Å²) in [7, 11) is 0. The van der Waals surface area contributed by atoms with Crippen molar-refractivity contribution in [2.45, 2.75) is 13.0 Å². The number of carboxylic acid groups (broad SMARTS) is 1. The Morgan fingerprint density at radius 2 is 2.29 bits per heavy atom. The van der Waals surface area contributed by atoms with E-state index in [-0.39, 0.29) is 0 Å². The average Bonchev–Trinajstić information content (AvgIpc) is 2.51. The summed E-state index contributed by atoms with van der Waals surface area (Å²) in [6.45, 7) is 1.40. The summed E-state index contributed by atoms with van der Waals surface area (Å²) in [5, 5.41) is 10.9. The zero-order valence-corrected chi connectivity index (χ0v) is 8.96. The fraction of sp³-hybridized carbons (Fsp3) is 0.250. The van der Waals surface area contributed by atoms with Gasteiger partial charge in [-0.15, -0.1) is 0 Å². The van der Waals surface area contributed by atoms with Crippen molar-refractivity contribution in [2.75, 3.05) is 0 Å². The molecule has 3 N–H and O–H groups in total. The highest BCUT2D eigenvalue weighted by atomic mass is 79.9. The van der Waals surface area contributed by atoms with Crippen LogP contribution < -0.4 is 5.32 Å². The van der Waals surface area contributed by atoms with Gasteiger partial charge in [0.05, 0.1) is 10.2 Å². The number of H-pyrrole nitrogens is 1. The maximum atomic E-state index is 11.4. The summed E-state index contributed by atoms with van der Waals surface area (Å²) in [5.74, 6) is -1.48. The van der Waals surface area contributed by atoms with Crippen molar-refractivity contribution in [3.63, 3.8) is 0 Å². The summed E-state index contributed by atoms with van der Waals surface area (Å²) in [5.41, 5.74) is 0.393. The molecular formula is C8H9BrN2O3. The Kier molecular flexibility index (Phi) is 3.29. The van der Waals surface area contributed by atoms with Gasteiger partial charge in [-0.2, -0.15) is 0 Å². The molecular weight excluding hydrogens is 252 g/mol. The number of hydrogen-bond donors (Lipinski definition) is 3. The molecule has 0 saturated carbocycles. The summed E-state index contributed by atoms with van der Waals surface area (Å²) in [6, 6.07) is 0.681. The van der Waals surface area contributed by atoms with Crippen molar-refractivity contribution < 1.29 is 14.7 Å². The van der Waals surface area contributed by atoms with Gasteiger partial charge in [0.2, 0.25) is 0 Å². The number of rotatable bonds is 3. The van der Waals surface area contributed by atoms with Crippen molar-refractivity contribution in [3.05, 3.63) is 22.4 Å². The van der Waals surface area contributed by atoms with Gasteiger partial charge in [-0.05, 0) is 28.9 Å². The van der Waals surface area contributed by atoms with Crippen LogP contribution in [0.1, 0.15) is 17.3 Å². The quantitative estimate of drug-likeness (QED) is 0.758. The van der Waals surface area contributed by atoms with Gasteiger partial charge in [0.25, 0.3) is 5.91 Å². The Balaban J connectivity index is 2.63. The largest absolute Gasteiger partial charge is 0.480 e. The lowest BCUT2D eigenvalue weighted by molar-refractivity contribution is -0.138. The molecule has 0 radical (unpaired) electrons. The molecule has 6 heteroatoms. The second-order valence-electron chi connectivity index (χ2n) is 2.77. The first kappa shape index (κ1) is 10.8. The van der Waals surface area contributed by atoms with Crippen LogP contribution in [0.25, 0.3) is 0 Å². The van der Waals surface area contributed by atoms with Crippen molar-refractivity contribution in [3.8, 4) is 0 Å². The van der Waals surface area contributed by atoms with E-state index in [9.17, 15) is 9.59 Å². The number of carbonyl (C=O) groups is 2. The SMILES string of the molecule is C[C@H](NC(=O)c1c[nH]c(Br)c1)C(=O)O. The predicted octanol–water partition coefficient (Wildman–Crippen LogP) is 0.980. The van der Waals surface area contributed by atoms with Crippen LogP contribution in [0.2, 0.25) is 0 Å². The number of aromatic nitrogens is 1. The second kappa shape index (κ2) is 4.28. The molecule has 1 rings (SSSR count). The first-order valence-corrected chi connectivity index (χ1v) is 4.67. The predicted molar refractivity (Wildman–Crippen MR) is 53.1 cm³/mol. The molecule has 76 valence electrons. The topological polar surface area (TPSA) is 82.2 Å². The van der Waals surface area contributed by atoms with E-state index < -0.39 is 17.9 Å². The summed E-state index contributed by atoms with van der Waals surface area (Å²) in [4.78, 5) is 24.6. The van der Waals surface area contributed by atoms with Gasteiger partial charge in [-0.3, -0.25) is 9.59 Å². The molecule has 1 aromatic rings. The van der Waals surface area contributed by atoms with Crippen LogP contribution in [0.15, 0.2) is 16.9 Å². The van der Waals surface area contributed by atoms with Crippen molar-refractivity contribution in [1.82, 2.24) is 10.3 Å². The van der Waals surface area contributed by atoms with E-state index in [1.807, 2.05) is 0 Å². The number of aromatic amines is 1. The fourth-order valence-corrected chi connectivity index (χ4v) is 1.20. The molecule has 0 unspecified atom stereocenters. The van der Waals surface area contributed by atoms with Crippen LogP contribution in [-0.2, 0) is 4.79 Å². The molecule has 14 heavy (non-hydrogen) atoms. The number of nitrogens with one attached hydrogen (secondary N) is 2. The minimum Gasteiger partial charge on any atom is -0.480 e. The normalized spacial score (nSPS) is 12.1. The van der Waals surface area contributed by atoms with E-state index in [1.165, 1.54) is 13.1 Å². The van der Waals surface area contributed by atoms with E-state index in [0.717, 1.165) is 0 Å². The number of amides is 1. The summed E-state index contributed by atoms with van der Waals surface area (Å²) >= 11 is 3.14. The van der Waals surface area contributed by atoms with Gasteiger partial charge in [0.15, 0.2) is 0 Å². The molecule has 0 aliphatic rings. The Morgan fingerprint density at radius 3 is 2.71 bits per heavy atom. The minimum atomic E-state index is -1.06. The molecule has 0 fully saturated rings. The molecule has 0 bridgehead atoms. The maximum Gasteiger partial charge on any atom is 0.325 e. The third-order valence-corrected chi connectivity index (χ3v) is 2.09. The number of aliphatic carboxylic acids is 1.